The van der Waals surface area contributed by atoms with Crippen LogP contribution in [0.3, 0.4) is 0 Å². The van der Waals surface area contributed by atoms with Crippen LogP contribution in [0.1, 0.15) is 67.2 Å². The second-order valence-corrected chi connectivity index (χ2v) is 12.2. The summed E-state index contributed by atoms with van der Waals surface area (Å²) in [5.41, 5.74) is -1.12. The maximum absolute atomic E-state index is 12.3. The molecule has 30 heavy (non-hydrogen) atoms. The van der Waals surface area contributed by atoms with Crippen LogP contribution in [-0.4, -0.2) is 54.6 Å². The van der Waals surface area contributed by atoms with Crippen LogP contribution in [-0.2, 0) is 14.4 Å². The van der Waals surface area contributed by atoms with Gasteiger partial charge in [0.25, 0.3) is 0 Å². The van der Waals surface area contributed by atoms with Crippen molar-refractivity contribution in [1.29, 1.82) is 0 Å². The van der Waals surface area contributed by atoms with Crippen molar-refractivity contribution in [3.8, 4) is 0 Å². The molecular weight excluding hydrogens is 650 g/mol. The molecule has 2 aliphatic rings. The lowest BCUT2D eigenvalue weighted by molar-refractivity contribution is -0.145. The zero-order valence-corrected chi connectivity index (χ0v) is 25.1. The third-order valence-corrected chi connectivity index (χ3v) is 10.7. The Morgan fingerprint density at radius 2 is 1.10 bits per heavy atom. The molecule has 0 aromatic heterocycles. The van der Waals surface area contributed by atoms with Crippen LogP contribution in [0, 0.1) is 16.2 Å². The molecule has 2 aliphatic heterocycles. The quantitative estimate of drug-likeness (QED) is 0.260. The first-order chi connectivity index (χ1) is 13.6. The van der Waals surface area contributed by atoms with Crippen molar-refractivity contribution >= 4 is 80.3 Å². The molecule has 0 unspecified atom stereocenters. The highest BCUT2D eigenvalue weighted by Gasteiger charge is 2.45. The van der Waals surface area contributed by atoms with Gasteiger partial charge >= 0.3 is 5.97 Å². The summed E-state index contributed by atoms with van der Waals surface area (Å²) in [4.78, 5) is 35.2. The lowest BCUT2D eigenvalue weighted by Gasteiger charge is -2.31. The SMILES string of the molecule is CC(C)(CBr)C(=O)Br.CC(C)(CBr)C(=O)N1C2CCC1CC2.CC(C)(CBr)C(=O)O. The van der Waals surface area contributed by atoms with E-state index in [0.29, 0.717) is 28.7 Å². The van der Waals surface area contributed by atoms with E-state index in [1.54, 1.807) is 13.8 Å². The Balaban J connectivity index is 0.000000456. The van der Waals surface area contributed by atoms with E-state index in [4.69, 9.17) is 5.11 Å². The first-order valence-electron chi connectivity index (χ1n) is 10.0. The van der Waals surface area contributed by atoms with Gasteiger partial charge in [-0.3, -0.25) is 14.4 Å². The minimum atomic E-state index is -0.769. The molecule has 1 N–H and O–H groups in total. The predicted octanol–water partition coefficient (Wildman–Crippen LogP) is 6.38. The van der Waals surface area contributed by atoms with Gasteiger partial charge in [-0.2, -0.15) is 0 Å². The molecule has 0 spiro atoms. The fraction of sp³-hybridized carbons (Fsp3) is 0.857. The minimum Gasteiger partial charge on any atom is -0.481 e. The van der Waals surface area contributed by atoms with E-state index in [2.05, 4.69) is 68.6 Å². The van der Waals surface area contributed by atoms with Crippen molar-refractivity contribution in [2.45, 2.75) is 79.3 Å². The van der Waals surface area contributed by atoms with Gasteiger partial charge in [0.1, 0.15) is 0 Å². The zero-order chi connectivity index (χ0) is 23.9. The number of fused-ring (bicyclic) bond motifs is 2. The largest absolute Gasteiger partial charge is 0.481 e. The average Bonchev–Trinajstić information content (AvgIpc) is 3.28. The lowest BCUT2D eigenvalue weighted by atomic mass is 9.94. The van der Waals surface area contributed by atoms with Crippen LogP contribution < -0.4 is 0 Å². The summed E-state index contributed by atoms with van der Waals surface area (Å²) >= 11 is 12.6. The monoisotopic (exact) mass is 681 g/mol. The highest BCUT2D eigenvalue weighted by molar-refractivity contribution is 9.18. The maximum atomic E-state index is 12.3. The predicted molar refractivity (Wildman–Crippen MR) is 137 cm³/mol. The second kappa shape index (κ2) is 12.7. The molecule has 2 rings (SSSR count). The van der Waals surface area contributed by atoms with Gasteiger partial charge in [-0.15, -0.1) is 0 Å². The number of carbonyl (C=O) groups is 3. The summed E-state index contributed by atoms with van der Waals surface area (Å²) in [5.74, 6) is -0.422. The number of hydrogen-bond acceptors (Lipinski definition) is 3. The van der Waals surface area contributed by atoms with Gasteiger partial charge in [0.05, 0.1) is 10.8 Å². The lowest BCUT2D eigenvalue weighted by Crippen LogP contribution is -2.44. The van der Waals surface area contributed by atoms with Gasteiger partial charge in [0.15, 0.2) is 0 Å². The van der Waals surface area contributed by atoms with Crippen molar-refractivity contribution in [2.24, 2.45) is 16.2 Å². The number of halogens is 4. The first-order valence-corrected chi connectivity index (χ1v) is 14.2. The molecule has 2 heterocycles. The fourth-order valence-electron chi connectivity index (χ4n) is 2.76. The van der Waals surface area contributed by atoms with E-state index >= 15 is 0 Å². The first kappa shape index (κ1) is 30.5. The van der Waals surface area contributed by atoms with Gasteiger partial charge < -0.3 is 10.0 Å². The van der Waals surface area contributed by atoms with Crippen molar-refractivity contribution in [1.82, 2.24) is 4.90 Å². The topological polar surface area (TPSA) is 74.7 Å². The normalized spacial score (nSPS) is 20.7. The molecule has 1 amide bonds. The second-order valence-electron chi connectivity index (χ2n) is 9.81. The Kier molecular flexibility index (Phi) is 12.9. The van der Waals surface area contributed by atoms with Crippen molar-refractivity contribution < 1.29 is 19.5 Å². The fourth-order valence-corrected chi connectivity index (χ4v) is 4.01. The van der Waals surface area contributed by atoms with Crippen molar-refractivity contribution in [3.05, 3.63) is 0 Å². The van der Waals surface area contributed by atoms with Gasteiger partial charge in [-0.1, -0.05) is 75.5 Å². The Morgan fingerprint density at radius 1 is 0.767 bits per heavy atom. The number of aliphatic carboxylic acids is 1. The molecule has 0 aromatic rings. The van der Waals surface area contributed by atoms with Crippen LogP contribution in [0.25, 0.3) is 0 Å². The van der Waals surface area contributed by atoms with E-state index in [9.17, 15) is 14.4 Å². The van der Waals surface area contributed by atoms with Crippen LogP contribution in [0.15, 0.2) is 0 Å². The van der Waals surface area contributed by atoms with E-state index < -0.39 is 11.4 Å². The Bertz CT molecular complexity index is 562. The third kappa shape index (κ3) is 8.81. The van der Waals surface area contributed by atoms with Gasteiger partial charge in [0, 0.05) is 33.5 Å². The summed E-state index contributed by atoms with van der Waals surface area (Å²) in [6, 6.07) is 1.12. The Morgan fingerprint density at radius 3 is 1.27 bits per heavy atom. The number of alkyl halides is 3. The molecule has 0 atom stereocenters. The molecule has 9 heteroatoms. The number of carboxylic acids is 1. The van der Waals surface area contributed by atoms with Gasteiger partial charge in [0.2, 0.25) is 10.6 Å². The van der Waals surface area contributed by atoms with Crippen LogP contribution in [0.4, 0.5) is 0 Å². The molecule has 0 aliphatic carbocycles. The number of carboxylic acid groups (broad SMARTS) is 1. The smallest absolute Gasteiger partial charge is 0.309 e. The summed E-state index contributed by atoms with van der Waals surface area (Å²) in [5, 5.41) is 10.4. The number of amides is 1. The molecule has 2 fully saturated rings. The summed E-state index contributed by atoms with van der Waals surface area (Å²) in [6.45, 7) is 11.1. The molecule has 176 valence electrons. The molecule has 5 nitrogen and oxygen atoms in total. The third-order valence-electron chi connectivity index (χ3n) is 5.38. The van der Waals surface area contributed by atoms with E-state index in [-0.39, 0.29) is 15.5 Å². The number of hydrogen-bond donors (Lipinski definition) is 1. The standard InChI is InChI=1S/C11H18BrNO.C5H8Br2O.C5H9BrO2/c1-11(2,7-12)10(14)13-8-3-4-9(13)6-5-8;2*1-5(2,3-6)4(7)8/h8-9H,3-7H2,1-2H3;3H2,1-2H3;3H2,1-2H3,(H,7,8). The van der Waals surface area contributed by atoms with Crippen molar-refractivity contribution in [3.63, 3.8) is 0 Å². The van der Waals surface area contributed by atoms with E-state index in [1.165, 1.54) is 25.7 Å². The molecule has 0 saturated carbocycles. The summed E-state index contributed by atoms with van der Waals surface area (Å²) in [7, 11) is 0. The van der Waals surface area contributed by atoms with Gasteiger partial charge in [-0.05, 0) is 55.5 Å². The average molecular weight is 685 g/mol. The summed E-state index contributed by atoms with van der Waals surface area (Å²) in [6.07, 6.45) is 4.92. The highest BCUT2D eigenvalue weighted by Crippen LogP contribution is 2.40. The molecule has 0 aromatic carbocycles. The molecule has 2 saturated heterocycles. The number of nitrogens with zero attached hydrogens (tertiary/aromatic N) is 1. The zero-order valence-electron chi connectivity index (χ0n) is 18.7. The molecule has 2 bridgehead atoms. The highest BCUT2D eigenvalue weighted by atomic mass is 79.9. The number of rotatable bonds is 6. The minimum absolute atomic E-state index is 0.0434. The van der Waals surface area contributed by atoms with Crippen LogP contribution in [0.2, 0.25) is 0 Å². The maximum Gasteiger partial charge on any atom is 0.309 e. The van der Waals surface area contributed by atoms with E-state index in [1.807, 2.05) is 27.7 Å². The van der Waals surface area contributed by atoms with Crippen LogP contribution in [0.5, 0.6) is 0 Å². The van der Waals surface area contributed by atoms with Crippen LogP contribution >= 0.6 is 63.7 Å². The van der Waals surface area contributed by atoms with Crippen molar-refractivity contribution in [2.75, 3.05) is 16.0 Å². The van der Waals surface area contributed by atoms with Gasteiger partial charge in [-0.25, -0.2) is 0 Å². The number of carbonyl (C=O) groups excluding carboxylic acids is 2. The molecule has 0 radical (unpaired) electrons. The summed E-state index contributed by atoms with van der Waals surface area (Å²) < 4.78 is 0.0434. The Hall–Kier alpha value is 0.530. The van der Waals surface area contributed by atoms with E-state index in [0.717, 1.165) is 5.33 Å². The molecular formula is C21H35Br4NO4. The Labute approximate surface area is 215 Å².